The molecule has 0 unspecified atom stereocenters. The zero-order chi connectivity index (χ0) is 36.6. The maximum atomic E-state index is 2.55. The van der Waals surface area contributed by atoms with E-state index in [-0.39, 0.29) is 10.8 Å². The first-order valence-electron chi connectivity index (χ1n) is 19.6. The predicted octanol–water partition coefficient (Wildman–Crippen LogP) is 14.3. The smallest absolute Gasteiger partial charge is 0.0619 e. The van der Waals surface area contributed by atoms with E-state index in [9.17, 15) is 0 Å². The molecule has 9 aromatic rings. The van der Waals surface area contributed by atoms with Crippen molar-refractivity contribution in [2.24, 2.45) is 0 Å². The highest BCUT2D eigenvalue weighted by molar-refractivity contribution is 6.23. The van der Waals surface area contributed by atoms with Gasteiger partial charge in [-0.25, -0.2) is 0 Å². The van der Waals surface area contributed by atoms with Crippen LogP contribution in [0.1, 0.15) is 52.8 Å². The first-order valence-corrected chi connectivity index (χ1v) is 19.6. The molecule has 258 valence electrons. The number of benzene rings is 9. The molecule has 3 aliphatic rings. The van der Waals surface area contributed by atoms with Crippen LogP contribution in [-0.2, 0) is 10.8 Å². The van der Waals surface area contributed by atoms with Gasteiger partial charge in [0.1, 0.15) is 0 Å². The minimum Gasteiger partial charge on any atom is -0.0619 e. The predicted molar refractivity (Wildman–Crippen MR) is 231 cm³/mol. The minimum absolute atomic E-state index is 0.0706. The van der Waals surface area contributed by atoms with Gasteiger partial charge in [-0.2, -0.15) is 0 Å². The first-order chi connectivity index (χ1) is 27.0. The van der Waals surface area contributed by atoms with E-state index in [0.717, 1.165) is 0 Å². The highest BCUT2D eigenvalue weighted by atomic mass is 14.5. The average molecular weight is 699 g/mol. The highest BCUT2D eigenvalue weighted by Gasteiger charge is 2.51. The van der Waals surface area contributed by atoms with Crippen molar-refractivity contribution >= 4 is 21.5 Å². The Balaban J connectivity index is 1.18. The Labute approximate surface area is 322 Å². The number of rotatable bonds is 2. The molecule has 3 aliphatic carbocycles. The molecule has 0 fully saturated rings. The third-order valence-electron chi connectivity index (χ3n) is 13.3. The quantitative estimate of drug-likeness (QED) is 0.158. The van der Waals surface area contributed by atoms with Gasteiger partial charge in [0.05, 0.1) is 5.41 Å². The summed E-state index contributed by atoms with van der Waals surface area (Å²) in [5, 5.41) is 5.17. The lowest BCUT2D eigenvalue weighted by Gasteiger charge is -2.31. The summed E-state index contributed by atoms with van der Waals surface area (Å²) in [5.74, 6) is 0. The van der Waals surface area contributed by atoms with Gasteiger partial charge in [-0.05, 0) is 124 Å². The minimum atomic E-state index is -0.387. The lowest BCUT2D eigenvalue weighted by Crippen LogP contribution is -2.25. The summed E-state index contributed by atoms with van der Waals surface area (Å²) in [5.41, 5.74) is 22.4. The molecule has 0 bridgehead atoms. The largest absolute Gasteiger partial charge is 0.0725 e. The third-order valence-corrected chi connectivity index (χ3v) is 13.3. The van der Waals surface area contributed by atoms with Crippen LogP contribution in [0.3, 0.4) is 0 Å². The van der Waals surface area contributed by atoms with Crippen LogP contribution in [0.25, 0.3) is 77.2 Å². The first kappa shape index (κ1) is 30.9. The Morgan fingerprint density at radius 1 is 0.309 bits per heavy atom. The Morgan fingerprint density at radius 2 is 0.800 bits per heavy atom. The zero-order valence-electron chi connectivity index (χ0n) is 31.2. The monoisotopic (exact) mass is 698 g/mol. The van der Waals surface area contributed by atoms with Crippen molar-refractivity contribution in [3.63, 3.8) is 0 Å². The Kier molecular flexibility index (Phi) is 6.07. The van der Waals surface area contributed by atoms with Crippen molar-refractivity contribution in [3.8, 4) is 55.6 Å². The van der Waals surface area contributed by atoms with E-state index in [2.05, 4.69) is 197 Å². The molecule has 0 atom stereocenters. The summed E-state index contributed by atoms with van der Waals surface area (Å²) in [6, 6.07) is 67.0. The molecule has 0 nitrogen and oxygen atoms in total. The maximum Gasteiger partial charge on any atom is 0.0725 e. The summed E-state index contributed by atoms with van der Waals surface area (Å²) < 4.78 is 0. The van der Waals surface area contributed by atoms with Crippen molar-refractivity contribution in [2.45, 2.75) is 31.6 Å². The van der Waals surface area contributed by atoms with Crippen molar-refractivity contribution in [1.82, 2.24) is 0 Å². The fourth-order valence-electron chi connectivity index (χ4n) is 11.1. The van der Waals surface area contributed by atoms with Crippen LogP contribution in [0, 0.1) is 6.92 Å². The van der Waals surface area contributed by atoms with E-state index in [1.807, 2.05) is 0 Å². The second-order valence-electron chi connectivity index (χ2n) is 16.4. The molecule has 9 aromatic carbocycles. The standard InChI is InChI=1S/C55H38/c1-33-27-29-41-44(31-33)52(43-21-14-26-49-53(43)42-20-9-10-22-45(42)54(49,2)3)40-19-5-4-18-39(40)51(41)34-28-30-38-37-17-8-13-25-48(37)55(50(38)32-34)46-23-11-6-15-35(46)36-16-7-12-24-47(36)55/h4-32H,1-3H3. The molecule has 0 saturated carbocycles. The second kappa shape index (κ2) is 10.8. The third kappa shape index (κ3) is 3.82. The van der Waals surface area contributed by atoms with Crippen LogP contribution in [0.15, 0.2) is 176 Å². The maximum absolute atomic E-state index is 2.55. The number of fused-ring (bicyclic) bond motifs is 15. The SMILES string of the molecule is Cc1ccc2c(-c3ccc4c(c3)C3(c5ccccc5-c5ccccc53)c3ccccc3-4)c3ccccc3c(-c3cccc4c3-c3ccccc3C4(C)C)c2c1. The molecule has 0 radical (unpaired) electrons. The van der Waals surface area contributed by atoms with Crippen LogP contribution in [-0.4, -0.2) is 0 Å². The Morgan fingerprint density at radius 3 is 1.45 bits per heavy atom. The van der Waals surface area contributed by atoms with E-state index in [4.69, 9.17) is 0 Å². The molecule has 0 heteroatoms. The van der Waals surface area contributed by atoms with Gasteiger partial charge < -0.3 is 0 Å². The van der Waals surface area contributed by atoms with Gasteiger partial charge in [-0.1, -0.05) is 189 Å². The fourth-order valence-corrected chi connectivity index (χ4v) is 11.1. The molecule has 0 N–H and O–H groups in total. The van der Waals surface area contributed by atoms with E-state index >= 15 is 0 Å². The summed E-state index contributed by atoms with van der Waals surface area (Å²) >= 11 is 0. The lowest BCUT2D eigenvalue weighted by atomic mass is 9.70. The van der Waals surface area contributed by atoms with E-state index in [0.29, 0.717) is 0 Å². The van der Waals surface area contributed by atoms with Crippen LogP contribution in [0.2, 0.25) is 0 Å². The van der Waals surface area contributed by atoms with Crippen LogP contribution < -0.4 is 0 Å². The zero-order valence-corrected chi connectivity index (χ0v) is 31.2. The van der Waals surface area contributed by atoms with E-state index in [1.165, 1.54) is 116 Å². The fraction of sp³-hybridized carbons (Fsp3) is 0.0909. The number of aryl methyl sites for hydroxylation is 1. The average Bonchev–Trinajstić information content (AvgIpc) is 3.78. The molecule has 0 aromatic heterocycles. The molecule has 0 heterocycles. The normalized spacial score (nSPS) is 14.7. The van der Waals surface area contributed by atoms with Crippen molar-refractivity contribution in [2.75, 3.05) is 0 Å². The van der Waals surface area contributed by atoms with E-state index in [1.54, 1.807) is 0 Å². The summed E-state index contributed by atoms with van der Waals surface area (Å²) in [6.45, 7) is 6.99. The summed E-state index contributed by atoms with van der Waals surface area (Å²) in [6.07, 6.45) is 0. The van der Waals surface area contributed by atoms with E-state index < -0.39 is 0 Å². The summed E-state index contributed by atoms with van der Waals surface area (Å²) in [7, 11) is 0. The Hall–Kier alpha value is -6.50. The van der Waals surface area contributed by atoms with Gasteiger partial charge in [0.2, 0.25) is 0 Å². The number of hydrogen-bond donors (Lipinski definition) is 0. The van der Waals surface area contributed by atoms with Crippen LogP contribution in [0.4, 0.5) is 0 Å². The molecule has 12 rings (SSSR count). The van der Waals surface area contributed by atoms with Crippen LogP contribution in [0.5, 0.6) is 0 Å². The van der Waals surface area contributed by atoms with Crippen LogP contribution >= 0.6 is 0 Å². The molecule has 0 aliphatic heterocycles. The molecular formula is C55H38. The Bertz CT molecular complexity index is 3070. The lowest BCUT2D eigenvalue weighted by molar-refractivity contribution is 0.660. The van der Waals surface area contributed by atoms with Gasteiger partial charge in [0, 0.05) is 5.41 Å². The van der Waals surface area contributed by atoms with Gasteiger partial charge >= 0.3 is 0 Å². The molecule has 55 heavy (non-hydrogen) atoms. The van der Waals surface area contributed by atoms with Crippen molar-refractivity contribution < 1.29 is 0 Å². The van der Waals surface area contributed by atoms with Gasteiger partial charge in [0.15, 0.2) is 0 Å². The topological polar surface area (TPSA) is 0 Å². The summed E-state index contributed by atoms with van der Waals surface area (Å²) in [4.78, 5) is 0. The van der Waals surface area contributed by atoms with Gasteiger partial charge in [0.25, 0.3) is 0 Å². The van der Waals surface area contributed by atoms with Gasteiger partial charge in [-0.15, -0.1) is 0 Å². The highest BCUT2D eigenvalue weighted by Crippen LogP contribution is 2.63. The molecule has 1 spiro atoms. The van der Waals surface area contributed by atoms with Crippen molar-refractivity contribution in [3.05, 3.63) is 215 Å². The molecule has 0 amide bonds. The number of hydrogen-bond acceptors (Lipinski definition) is 0. The molecule has 0 saturated heterocycles. The van der Waals surface area contributed by atoms with Crippen molar-refractivity contribution in [1.29, 1.82) is 0 Å². The van der Waals surface area contributed by atoms with Gasteiger partial charge in [-0.3, -0.25) is 0 Å². The molecular weight excluding hydrogens is 661 g/mol. The second-order valence-corrected chi connectivity index (χ2v) is 16.4.